The molecule has 2 aromatic rings. The minimum Gasteiger partial charge on any atom is -0.347 e. The third kappa shape index (κ3) is 3.90. The van der Waals surface area contributed by atoms with Crippen molar-refractivity contribution in [2.45, 2.75) is 31.4 Å². The highest BCUT2D eigenvalue weighted by atomic mass is 32.2. The molecule has 1 amide bonds. The number of alkyl halides is 3. The molecule has 1 aromatic carbocycles. The summed E-state index contributed by atoms with van der Waals surface area (Å²) in [4.78, 5) is 12.3. The molecule has 0 radical (unpaired) electrons. The van der Waals surface area contributed by atoms with E-state index in [1.807, 2.05) is 0 Å². The molecule has 140 valence electrons. The zero-order valence-corrected chi connectivity index (χ0v) is 14.6. The maximum absolute atomic E-state index is 12.7. The van der Waals surface area contributed by atoms with Gasteiger partial charge in [-0.3, -0.25) is 9.48 Å². The van der Waals surface area contributed by atoms with Crippen LogP contribution in [-0.4, -0.2) is 29.9 Å². The summed E-state index contributed by atoms with van der Waals surface area (Å²) >= 11 is 0. The van der Waals surface area contributed by atoms with Gasteiger partial charge in [-0.15, -0.1) is 0 Å². The summed E-state index contributed by atoms with van der Waals surface area (Å²) in [7, 11) is -3.37. The zero-order valence-electron chi connectivity index (χ0n) is 13.7. The molecule has 1 aliphatic rings. The Morgan fingerprint density at radius 1 is 1.35 bits per heavy atom. The quantitative estimate of drug-likeness (QED) is 0.874. The smallest absolute Gasteiger partial charge is 0.347 e. The Balaban J connectivity index is 1.78. The molecular formula is C16H16F3N3O3S. The lowest BCUT2D eigenvalue weighted by molar-refractivity contribution is -0.141. The Morgan fingerprint density at radius 2 is 2.04 bits per heavy atom. The van der Waals surface area contributed by atoms with Crippen LogP contribution in [0.5, 0.6) is 0 Å². The highest BCUT2D eigenvalue weighted by Crippen LogP contribution is 2.29. The van der Waals surface area contributed by atoms with Gasteiger partial charge < -0.3 is 5.32 Å². The topological polar surface area (TPSA) is 81.1 Å². The van der Waals surface area contributed by atoms with Gasteiger partial charge in [0.25, 0.3) is 0 Å². The largest absolute Gasteiger partial charge is 0.435 e. The van der Waals surface area contributed by atoms with Crippen LogP contribution >= 0.6 is 0 Å². The van der Waals surface area contributed by atoms with Crippen molar-refractivity contribution in [2.24, 2.45) is 0 Å². The van der Waals surface area contributed by atoms with Crippen LogP contribution < -0.4 is 5.32 Å². The number of rotatable bonds is 3. The number of aryl methyl sites for hydroxylation is 1. The Morgan fingerprint density at radius 3 is 2.69 bits per heavy atom. The number of carbonyl (C=O) groups is 1. The van der Waals surface area contributed by atoms with Crippen molar-refractivity contribution in [3.8, 4) is 0 Å². The van der Waals surface area contributed by atoms with Crippen LogP contribution in [0.25, 0.3) is 0 Å². The number of nitrogens with zero attached hydrogens (tertiary/aromatic N) is 2. The summed E-state index contributed by atoms with van der Waals surface area (Å²) < 4.78 is 63.1. The highest BCUT2D eigenvalue weighted by molar-refractivity contribution is 7.90. The SMILES string of the molecule is Cc1cc(C(F)(F)F)nn1CC(=O)NC1CS(=O)(=O)Cc2ccccc21. The van der Waals surface area contributed by atoms with Gasteiger partial charge in [0, 0.05) is 5.69 Å². The van der Waals surface area contributed by atoms with Gasteiger partial charge in [0.15, 0.2) is 15.5 Å². The van der Waals surface area contributed by atoms with E-state index in [1.54, 1.807) is 24.3 Å². The van der Waals surface area contributed by atoms with Gasteiger partial charge in [-0.2, -0.15) is 18.3 Å². The van der Waals surface area contributed by atoms with E-state index >= 15 is 0 Å². The molecule has 1 atom stereocenters. The lowest BCUT2D eigenvalue weighted by Gasteiger charge is -2.26. The second kappa shape index (κ2) is 6.42. The van der Waals surface area contributed by atoms with Crippen LogP contribution in [0.4, 0.5) is 13.2 Å². The average Bonchev–Trinajstić information content (AvgIpc) is 2.87. The van der Waals surface area contributed by atoms with Gasteiger partial charge in [0.05, 0.1) is 17.5 Å². The van der Waals surface area contributed by atoms with Crippen LogP contribution in [0.1, 0.15) is 28.6 Å². The van der Waals surface area contributed by atoms with Gasteiger partial charge in [0.2, 0.25) is 5.91 Å². The molecule has 0 fully saturated rings. The average molecular weight is 387 g/mol. The lowest BCUT2D eigenvalue weighted by atomic mass is 10.0. The first-order valence-corrected chi connectivity index (χ1v) is 9.56. The molecule has 6 nitrogen and oxygen atoms in total. The number of nitrogens with one attached hydrogen (secondary N) is 1. The second-order valence-electron chi connectivity index (χ2n) is 6.20. The van der Waals surface area contributed by atoms with E-state index in [9.17, 15) is 26.4 Å². The molecule has 1 aliphatic heterocycles. The van der Waals surface area contributed by atoms with Crippen LogP contribution in [0.2, 0.25) is 0 Å². The fraction of sp³-hybridized carbons (Fsp3) is 0.375. The van der Waals surface area contributed by atoms with Crippen LogP contribution in [0.3, 0.4) is 0 Å². The fourth-order valence-corrected chi connectivity index (χ4v) is 4.57. The highest BCUT2D eigenvalue weighted by Gasteiger charge is 2.35. The molecule has 1 aromatic heterocycles. The summed E-state index contributed by atoms with van der Waals surface area (Å²) in [6.07, 6.45) is -4.59. The van der Waals surface area contributed by atoms with E-state index in [2.05, 4.69) is 10.4 Å². The van der Waals surface area contributed by atoms with Gasteiger partial charge in [-0.1, -0.05) is 24.3 Å². The summed E-state index contributed by atoms with van der Waals surface area (Å²) in [5.74, 6) is -0.952. The number of hydrogen-bond acceptors (Lipinski definition) is 4. The van der Waals surface area contributed by atoms with Gasteiger partial charge in [0.1, 0.15) is 6.54 Å². The first-order chi connectivity index (χ1) is 12.0. The van der Waals surface area contributed by atoms with Gasteiger partial charge in [-0.05, 0) is 24.1 Å². The Kier molecular flexibility index (Phi) is 4.55. The maximum Gasteiger partial charge on any atom is 0.435 e. The van der Waals surface area contributed by atoms with Crippen LogP contribution in [-0.2, 0) is 33.1 Å². The van der Waals surface area contributed by atoms with Crippen molar-refractivity contribution >= 4 is 15.7 Å². The summed E-state index contributed by atoms with van der Waals surface area (Å²) in [5, 5.41) is 5.99. The van der Waals surface area contributed by atoms with Crippen molar-refractivity contribution in [3.63, 3.8) is 0 Å². The number of benzene rings is 1. The fourth-order valence-electron chi connectivity index (χ4n) is 2.95. The number of aromatic nitrogens is 2. The number of amides is 1. The molecule has 26 heavy (non-hydrogen) atoms. The molecule has 10 heteroatoms. The predicted octanol–water partition coefficient (Wildman–Crippen LogP) is 2.00. The molecule has 1 N–H and O–H groups in total. The van der Waals surface area contributed by atoms with Crippen molar-refractivity contribution in [1.82, 2.24) is 15.1 Å². The summed E-state index contributed by atoms with van der Waals surface area (Å²) in [6.45, 7) is 0.983. The molecule has 2 heterocycles. The second-order valence-corrected chi connectivity index (χ2v) is 8.31. The normalized spacial score (nSPS) is 19.0. The minimum absolute atomic E-state index is 0.0945. The Labute approximate surface area is 147 Å². The lowest BCUT2D eigenvalue weighted by Crippen LogP contribution is -2.38. The van der Waals surface area contributed by atoms with Crippen molar-refractivity contribution in [1.29, 1.82) is 0 Å². The number of carbonyl (C=O) groups excluding carboxylic acids is 1. The van der Waals surface area contributed by atoms with Crippen LogP contribution in [0.15, 0.2) is 30.3 Å². The van der Waals surface area contributed by atoms with E-state index in [0.29, 0.717) is 11.1 Å². The number of fused-ring (bicyclic) bond motifs is 1. The molecule has 3 rings (SSSR count). The van der Waals surface area contributed by atoms with E-state index in [-0.39, 0.29) is 17.2 Å². The molecule has 0 spiro atoms. The molecule has 0 bridgehead atoms. The third-order valence-corrected chi connectivity index (χ3v) is 5.72. The molecule has 0 saturated carbocycles. The van der Waals surface area contributed by atoms with Gasteiger partial charge in [-0.25, -0.2) is 8.42 Å². The molecular weight excluding hydrogens is 371 g/mol. The first-order valence-electron chi connectivity index (χ1n) is 7.74. The maximum atomic E-state index is 12.7. The minimum atomic E-state index is -4.59. The third-order valence-electron chi connectivity index (χ3n) is 4.13. The van der Waals surface area contributed by atoms with Crippen molar-refractivity contribution < 1.29 is 26.4 Å². The zero-order chi connectivity index (χ0) is 19.1. The standard InChI is InChI=1S/C16H16F3N3O3S/c1-10-6-14(16(17,18)19)21-22(10)7-15(23)20-13-9-26(24,25)8-11-4-2-3-5-12(11)13/h2-6,13H,7-9H2,1H3,(H,20,23). The first kappa shape index (κ1) is 18.4. The van der Waals surface area contributed by atoms with Crippen LogP contribution in [0, 0.1) is 6.92 Å². The molecule has 0 aliphatic carbocycles. The van der Waals surface area contributed by atoms with E-state index in [4.69, 9.17) is 0 Å². The van der Waals surface area contributed by atoms with Gasteiger partial charge >= 0.3 is 6.18 Å². The molecule has 1 unspecified atom stereocenters. The van der Waals surface area contributed by atoms with E-state index < -0.39 is 40.2 Å². The number of hydrogen-bond donors (Lipinski definition) is 1. The molecule has 0 saturated heterocycles. The summed E-state index contributed by atoms with van der Waals surface area (Å²) in [5.41, 5.74) is 0.417. The number of sulfone groups is 1. The van der Waals surface area contributed by atoms with Crippen molar-refractivity contribution in [2.75, 3.05) is 5.75 Å². The Hall–Kier alpha value is -2.36. The number of halogens is 3. The van der Waals surface area contributed by atoms with E-state index in [0.717, 1.165) is 10.7 Å². The van der Waals surface area contributed by atoms with E-state index in [1.165, 1.54) is 6.92 Å². The monoisotopic (exact) mass is 387 g/mol. The Bertz CT molecular complexity index is 951. The van der Waals surface area contributed by atoms with Crippen molar-refractivity contribution in [3.05, 3.63) is 52.8 Å². The summed E-state index contributed by atoms with van der Waals surface area (Å²) in [6, 6.07) is 6.98. The predicted molar refractivity (Wildman–Crippen MR) is 86.8 cm³/mol.